The highest BCUT2D eigenvalue weighted by atomic mass is 19.1. The summed E-state index contributed by atoms with van der Waals surface area (Å²) < 4.78 is 25.5. The number of aromatic hydroxyl groups is 1. The molecular weight excluding hydrogens is 178 g/mol. The minimum atomic E-state index is -1.22. The van der Waals surface area contributed by atoms with Gasteiger partial charge in [-0.15, -0.1) is 0 Å². The molecule has 1 aromatic rings. The van der Waals surface area contributed by atoms with Crippen LogP contribution in [0.25, 0.3) is 0 Å². The van der Waals surface area contributed by atoms with Crippen molar-refractivity contribution in [2.45, 2.75) is 18.4 Å². The van der Waals surface area contributed by atoms with E-state index >= 15 is 0 Å². The van der Waals surface area contributed by atoms with E-state index in [2.05, 4.69) is 0 Å². The van der Waals surface area contributed by atoms with E-state index in [-0.39, 0.29) is 5.56 Å². The Balaban J connectivity index is 2.56. The fraction of sp³-hybridized carbons (Fsp3) is 0.333. The van der Waals surface area contributed by atoms with Crippen molar-refractivity contribution in [1.82, 2.24) is 0 Å². The Hall–Kier alpha value is -1.16. The van der Waals surface area contributed by atoms with Crippen LogP contribution in [-0.4, -0.2) is 10.2 Å². The third kappa shape index (κ3) is 1.27. The van der Waals surface area contributed by atoms with Crippen LogP contribution in [0.15, 0.2) is 12.1 Å². The molecule has 0 saturated heterocycles. The molecule has 0 amide bonds. The highest BCUT2D eigenvalue weighted by molar-refractivity contribution is 5.41. The first kappa shape index (κ1) is 8.44. The monoisotopic (exact) mass is 186 g/mol. The SMILES string of the molecule is Oc1c(F)cc(F)cc1C1(O)CC1. The van der Waals surface area contributed by atoms with Crippen LogP contribution < -0.4 is 0 Å². The number of aliphatic hydroxyl groups is 1. The lowest BCUT2D eigenvalue weighted by Gasteiger charge is -2.10. The van der Waals surface area contributed by atoms with Crippen LogP contribution in [0, 0.1) is 11.6 Å². The Morgan fingerprint density at radius 1 is 1.23 bits per heavy atom. The van der Waals surface area contributed by atoms with E-state index < -0.39 is 23.0 Å². The summed E-state index contributed by atoms with van der Waals surface area (Å²) in [5.74, 6) is -2.47. The minimum absolute atomic E-state index is 0.0509. The van der Waals surface area contributed by atoms with Crippen molar-refractivity contribution in [1.29, 1.82) is 0 Å². The number of hydrogen-bond acceptors (Lipinski definition) is 2. The molecule has 2 rings (SSSR count). The summed E-state index contributed by atoms with van der Waals surface area (Å²) in [4.78, 5) is 0. The zero-order chi connectivity index (χ0) is 9.64. The maximum Gasteiger partial charge on any atom is 0.168 e. The second-order valence-electron chi connectivity index (χ2n) is 3.32. The third-order valence-electron chi connectivity index (χ3n) is 2.25. The third-order valence-corrected chi connectivity index (χ3v) is 2.25. The van der Waals surface area contributed by atoms with Gasteiger partial charge in [-0.3, -0.25) is 0 Å². The summed E-state index contributed by atoms with van der Waals surface area (Å²) in [6.07, 6.45) is 0.868. The Kier molecular flexibility index (Phi) is 1.57. The first-order chi connectivity index (χ1) is 6.03. The van der Waals surface area contributed by atoms with E-state index in [0.29, 0.717) is 18.9 Å². The molecule has 1 aromatic carbocycles. The first-order valence-corrected chi connectivity index (χ1v) is 3.94. The maximum atomic E-state index is 12.8. The highest BCUT2D eigenvalue weighted by Crippen LogP contribution is 2.49. The van der Waals surface area contributed by atoms with Gasteiger partial charge in [0.25, 0.3) is 0 Å². The van der Waals surface area contributed by atoms with Gasteiger partial charge in [-0.05, 0) is 18.9 Å². The van der Waals surface area contributed by atoms with Gasteiger partial charge in [-0.2, -0.15) is 0 Å². The molecule has 0 spiro atoms. The molecule has 0 unspecified atom stereocenters. The van der Waals surface area contributed by atoms with Crippen molar-refractivity contribution in [3.05, 3.63) is 29.3 Å². The van der Waals surface area contributed by atoms with Crippen molar-refractivity contribution in [2.75, 3.05) is 0 Å². The largest absolute Gasteiger partial charge is 0.505 e. The average molecular weight is 186 g/mol. The Morgan fingerprint density at radius 2 is 1.85 bits per heavy atom. The number of benzene rings is 1. The molecule has 1 aliphatic carbocycles. The van der Waals surface area contributed by atoms with E-state index in [1.807, 2.05) is 0 Å². The topological polar surface area (TPSA) is 40.5 Å². The standard InChI is InChI=1S/C9H8F2O2/c10-5-3-6(9(13)1-2-9)8(12)7(11)4-5/h3-4,12-13H,1-2H2. The van der Waals surface area contributed by atoms with E-state index in [1.165, 1.54) is 0 Å². The smallest absolute Gasteiger partial charge is 0.168 e. The lowest BCUT2D eigenvalue weighted by molar-refractivity contribution is 0.146. The predicted octanol–water partition coefficient (Wildman–Crippen LogP) is 1.65. The van der Waals surface area contributed by atoms with Gasteiger partial charge in [0.05, 0.1) is 5.60 Å². The molecule has 2 N–H and O–H groups in total. The van der Waals surface area contributed by atoms with E-state index in [4.69, 9.17) is 0 Å². The van der Waals surface area contributed by atoms with Crippen LogP contribution in [0.2, 0.25) is 0 Å². The molecule has 0 aromatic heterocycles. The quantitative estimate of drug-likeness (QED) is 0.700. The van der Waals surface area contributed by atoms with Gasteiger partial charge >= 0.3 is 0 Å². The number of phenolic OH excluding ortho intramolecular Hbond substituents is 1. The highest BCUT2D eigenvalue weighted by Gasteiger charge is 2.44. The fourth-order valence-corrected chi connectivity index (χ4v) is 1.31. The van der Waals surface area contributed by atoms with Crippen LogP contribution in [-0.2, 0) is 5.60 Å². The molecule has 1 aliphatic rings. The first-order valence-electron chi connectivity index (χ1n) is 3.94. The summed E-state index contributed by atoms with van der Waals surface area (Å²) in [6, 6.07) is 1.55. The Morgan fingerprint density at radius 3 is 2.38 bits per heavy atom. The zero-order valence-electron chi connectivity index (χ0n) is 6.72. The lowest BCUT2D eigenvalue weighted by Crippen LogP contribution is -2.06. The molecule has 0 heterocycles. The average Bonchev–Trinajstić information content (AvgIpc) is 2.77. The Labute approximate surface area is 73.4 Å². The molecule has 2 nitrogen and oxygen atoms in total. The van der Waals surface area contributed by atoms with Gasteiger partial charge in [0.2, 0.25) is 0 Å². The molecule has 0 bridgehead atoms. The molecule has 4 heteroatoms. The normalized spacial score (nSPS) is 18.7. The summed E-state index contributed by atoms with van der Waals surface area (Å²) in [6.45, 7) is 0. The number of hydrogen-bond donors (Lipinski definition) is 2. The van der Waals surface area contributed by atoms with Gasteiger partial charge in [0, 0.05) is 11.6 Å². The predicted molar refractivity (Wildman–Crippen MR) is 41.2 cm³/mol. The van der Waals surface area contributed by atoms with Crippen molar-refractivity contribution in [3.8, 4) is 5.75 Å². The second kappa shape index (κ2) is 2.42. The van der Waals surface area contributed by atoms with E-state index in [9.17, 15) is 19.0 Å². The molecule has 13 heavy (non-hydrogen) atoms. The van der Waals surface area contributed by atoms with Crippen LogP contribution in [0.3, 0.4) is 0 Å². The molecule has 0 radical (unpaired) electrons. The molecular formula is C9H8F2O2. The van der Waals surface area contributed by atoms with Gasteiger partial charge in [0.15, 0.2) is 11.6 Å². The number of halogens is 2. The number of phenols is 1. The lowest BCUT2D eigenvalue weighted by atomic mass is 10.1. The summed E-state index contributed by atoms with van der Waals surface area (Å²) >= 11 is 0. The number of rotatable bonds is 1. The van der Waals surface area contributed by atoms with Crippen LogP contribution in [0.4, 0.5) is 8.78 Å². The summed E-state index contributed by atoms with van der Waals surface area (Å²) in [5, 5.41) is 18.7. The molecule has 0 atom stereocenters. The summed E-state index contributed by atoms with van der Waals surface area (Å²) in [5.41, 5.74) is -1.27. The van der Waals surface area contributed by atoms with Crippen molar-refractivity contribution >= 4 is 0 Å². The van der Waals surface area contributed by atoms with E-state index in [0.717, 1.165) is 6.07 Å². The van der Waals surface area contributed by atoms with E-state index in [1.54, 1.807) is 0 Å². The van der Waals surface area contributed by atoms with Gasteiger partial charge in [0.1, 0.15) is 5.82 Å². The minimum Gasteiger partial charge on any atom is -0.505 e. The zero-order valence-corrected chi connectivity index (χ0v) is 6.72. The molecule has 1 fully saturated rings. The Bertz CT molecular complexity index is 359. The van der Waals surface area contributed by atoms with Gasteiger partial charge in [-0.1, -0.05) is 0 Å². The molecule has 0 aliphatic heterocycles. The van der Waals surface area contributed by atoms with Crippen molar-refractivity contribution < 1.29 is 19.0 Å². The molecule has 1 saturated carbocycles. The van der Waals surface area contributed by atoms with Gasteiger partial charge in [-0.25, -0.2) is 8.78 Å². The van der Waals surface area contributed by atoms with Crippen LogP contribution in [0.5, 0.6) is 5.75 Å². The summed E-state index contributed by atoms with van der Waals surface area (Å²) in [7, 11) is 0. The maximum absolute atomic E-state index is 12.8. The van der Waals surface area contributed by atoms with Crippen LogP contribution >= 0.6 is 0 Å². The van der Waals surface area contributed by atoms with Crippen LogP contribution in [0.1, 0.15) is 18.4 Å². The van der Waals surface area contributed by atoms with Crippen molar-refractivity contribution in [3.63, 3.8) is 0 Å². The molecule has 70 valence electrons. The second-order valence-corrected chi connectivity index (χ2v) is 3.32. The van der Waals surface area contributed by atoms with Gasteiger partial charge < -0.3 is 10.2 Å². The fourth-order valence-electron chi connectivity index (χ4n) is 1.31. The van der Waals surface area contributed by atoms with Crippen molar-refractivity contribution in [2.24, 2.45) is 0 Å².